The summed E-state index contributed by atoms with van der Waals surface area (Å²) < 4.78 is 4.76. The minimum atomic E-state index is -0.345. The van der Waals surface area contributed by atoms with E-state index in [0.29, 0.717) is 40.6 Å². The van der Waals surface area contributed by atoms with Gasteiger partial charge < -0.3 is 20.3 Å². The number of carbonyl (C=O) groups is 3. The SMILES string of the molecule is COCC(=O)Nc1ccc(NC(=O)c2ccc(Cl)cc2N2CCCC2=O)cc1. The number of rotatable bonds is 6. The van der Waals surface area contributed by atoms with E-state index in [1.807, 2.05) is 0 Å². The fourth-order valence-corrected chi connectivity index (χ4v) is 3.15. The molecule has 28 heavy (non-hydrogen) atoms. The molecule has 1 fully saturated rings. The molecule has 1 saturated heterocycles. The average molecular weight is 402 g/mol. The van der Waals surface area contributed by atoms with Crippen molar-refractivity contribution in [2.75, 3.05) is 35.8 Å². The van der Waals surface area contributed by atoms with Gasteiger partial charge in [-0.05, 0) is 48.9 Å². The molecule has 7 nitrogen and oxygen atoms in total. The van der Waals surface area contributed by atoms with Crippen molar-refractivity contribution < 1.29 is 19.1 Å². The molecule has 2 N–H and O–H groups in total. The van der Waals surface area contributed by atoms with Crippen LogP contribution in [0.2, 0.25) is 5.02 Å². The zero-order valence-corrected chi connectivity index (χ0v) is 16.1. The lowest BCUT2D eigenvalue weighted by Crippen LogP contribution is -2.27. The molecule has 3 amide bonds. The highest BCUT2D eigenvalue weighted by atomic mass is 35.5. The maximum absolute atomic E-state index is 12.8. The van der Waals surface area contributed by atoms with Gasteiger partial charge in [-0.1, -0.05) is 11.6 Å². The van der Waals surface area contributed by atoms with Gasteiger partial charge in [-0.2, -0.15) is 0 Å². The lowest BCUT2D eigenvalue weighted by Gasteiger charge is -2.20. The van der Waals surface area contributed by atoms with Crippen molar-refractivity contribution in [2.24, 2.45) is 0 Å². The number of amides is 3. The number of nitrogens with one attached hydrogen (secondary N) is 2. The Morgan fingerprint density at radius 3 is 2.39 bits per heavy atom. The summed E-state index contributed by atoms with van der Waals surface area (Å²) in [6.45, 7) is 0.530. The third kappa shape index (κ3) is 4.68. The summed E-state index contributed by atoms with van der Waals surface area (Å²) in [6, 6.07) is 11.6. The molecular formula is C20H20ClN3O4. The van der Waals surface area contributed by atoms with Crippen molar-refractivity contribution in [3.8, 4) is 0 Å². The van der Waals surface area contributed by atoms with Crippen molar-refractivity contribution >= 4 is 46.4 Å². The molecule has 0 unspecified atom stereocenters. The summed E-state index contributed by atoms with van der Waals surface area (Å²) in [5, 5.41) is 5.94. The summed E-state index contributed by atoms with van der Waals surface area (Å²) in [4.78, 5) is 38.0. The fourth-order valence-electron chi connectivity index (χ4n) is 2.99. The average Bonchev–Trinajstić information content (AvgIpc) is 3.09. The number of halogens is 1. The van der Waals surface area contributed by atoms with Gasteiger partial charge >= 0.3 is 0 Å². The van der Waals surface area contributed by atoms with Gasteiger partial charge in [0.25, 0.3) is 5.91 Å². The maximum Gasteiger partial charge on any atom is 0.257 e. The Morgan fingerprint density at radius 2 is 1.79 bits per heavy atom. The zero-order chi connectivity index (χ0) is 20.1. The minimum absolute atomic E-state index is 0.0209. The molecule has 0 aliphatic carbocycles. The molecule has 0 bridgehead atoms. The first kappa shape index (κ1) is 19.9. The molecule has 0 aromatic heterocycles. The van der Waals surface area contributed by atoms with Gasteiger partial charge in [0.15, 0.2) is 0 Å². The second-order valence-electron chi connectivity index (χ2n) is 6.32. The summed E-state index contributed by atoms with van der Waals surface area (Å²) in [5.41, 5.74) is 2.03. The lowest BCUT2D eigenvalue weighted by molar-refractivity contribution is -0.119. The van der Waals surface area contributed by atoms with Crippen LogP contribution in [0.1, 0.15) is 23.2 Å². The molecule has 3 rings (SSSR count). The molecule has 0 atom stereocenters. The number of hydrogen-bond donors (Lipinski definition) is 2. The Labute approximate surface area is 167 Å². The van der Waals surface area contributed by atoms with E-state index in [1.54, 1.807) is 47.4 Å². The summed E-state index contributed by atoms with van der Waals surface area (Å²) >= 11 is 6.08. The first-order chi connectivity index (χ1) is 13.5. The van der Waals surface area contributed by atoms with Crippen LogP contribution < -0.4 is 15.5 Å². The number of carbonyl (C=O) groups excluding carboxylic acids is 3. The van der Waals surface area contributed by atoms with Gasteiger partial charge in [-0.25, -0.2) is 0 Å². The Kier molecular flexibility index (Phi) is 6.28. The Bertz CT molecular complexity index is 899. The van der Waals surface area contributed by atoms with Gasteiger partial charge in [0, 0.05) is 36.5 Å². The first-order valence-electron chi connectivity index (χ1n) is 8.78. The molecule has 8 heteroatoms. The van der Waals surface area contributed by atoms with E-state index in [2.05, 4.69) is 10.6 Å². The van der Waals surface area contributed by atoms with Gasteiger partial charge in [0.05, 0.1) is 11.3 Å². The molecule has 0 spiro atoms. The summed E-state index contributed by atoms with van der Waals surface area (Å²) in [6.07, 6.45) is 1.21. The van der Waals surface area contributed by atoms with Gasteiger partial charge in [-0.15, -0.1) is 0 Å². The molecule has 0 saturated carbocycles. The van der Waals surface area contributed by atoms with Crippen molar-refractivity contribution in [1.82, 2.24) is 0 Å². The van der Waals surface area contributed by atoms with Crippen molar-refractivity contribution in [3.05, 3.63) is 53.1 Å². The number of benzene rings is 2. The van der Waals surface area contributed by atoms with Crippen LogP contribution in [0.3, 0.4) is 0 Å². The fraction of sp³-hybridized carbons (Fsp3) is 0.250. The van der Waals surface area contributed by atoms with E-state index in [9.17, 15) is 14.4 Å². The number of ether oxygens (including phenoxy) is 1. The number of methoxy groups -OCH3 is 1. The Hall–Kier alpha value is -2.90. The van der Waals surface area contributed by atoms with Crippen LogP contribution in [0.25, 0.3) is 0 Å². The molecule has 2 aromatic carbocycles. The summed E-state index contributed by atoms with van der Waals surface area (Å²) in [7, 11) is 1.44. The van der Waals surface area contributed by atoms with Crippen LogP contribution in [0, 0.1) is 0 Å². The molecule has 1 heterocycles. The largest absolute Gasteiger partial charge is 0.375 e. The Balaban J connectivity index is 1.74. The van der Waals surface area contributed by atoms with Gasteiger partial charge in [-0.3, -0.25) is 14.4 Å². The monoisotopic (exact) mass is 401 g/mol. The van der Waals surface area contributed by atoms with Crippen LogP contribution in [-0.4, -0.2) is 38.0 Å². The predicted octanol–water partition coefficient (Wildman–Crippen LogP) is 3.30. The molecule has 2 aromatic rings. The zero-order valence-electron chi connectivity index (χ0n) is 15.3. The predicted molar refractivity (Wildman–Crippen MR) is 108 cm³/mol. The smallest absolute Gasteiger partial charge is 0.257 e. The van der Waals surface area contributed by atoms with Crippen LogP contribution in [0.4, 0.5) is 17.1 Å². The number of hydrogen-bond acceptors (Lipinski definition) is 4. The molecule has 1 aliphatic heterocycles. The number of anilines is 3. The number of nitrogens with zero attached hydrogens (tertiary/aromatic N) is 1. The maximum atomic E-state index is 12.8. The van der Waals surface area contributed by atoms with Crippen LogP contribution in [-0.2, 0) is 14.3 Å². The van der Waals surface area contributed by atoms with E-state index in [0.717, 1.165) is 6.42 Å². The van der Waals surface area contributed by atoms with Crippen molar-refractivity contribution in [3.63, 3.8) is 0 Å². The normalized spacial score (nSPS) is 13.5. The van der Waals surface area contributed by atoms with Crippen LogP contribution in [0.5, 0.6) is 0 Å². The summed E-state index contributed by atoms with van der Waals surface area (Å²) in [5.74, 6) is -0.629. The molecule has 0 radical (unpaired) electrons. The van der Waals surface area contributed by atoms with E-state index in [4.69, 9.17) is 16.3 Å². The quantitative estimate of drug-likeness (QED) is 0.777. The highest BCUT2D eigenvalue weighted by Crippen LogP contribution is 2.29. The highest BCUT2D eigenvalue weighted by molar-refractivity contribution is 6.31. The van der Waals surface area contributed by atoms with E-state index in [-0.39, 0.29) is 24.3 Å². The van der Waals surface area contributed by atoms with E-state index >= 15 is 0 Å². The second kappa shape index (κ2) is 8.86. The van der Waals surface area contributed by atoms with Crippen LogP contribution >= 0.6 is 11.6 Å². The van der Waals surface area contributed by atoms with Gasteiger partial charge in [0.2, 0.25) is 11.8 Å². The molecule has 146 valence electrons. The van der Waals surface area contributed by atoms with E-state index in [1.165, 1.54) is 7.11 Å². The van der Waals surface area contributed by atoms with Crippen LogP contribution in [0.15, 0.2) is 42.5 Å². The topological polar surface area (TPSA) is 87.7 Å². The third-order valence-corrected chi connectivity index (χ3v) is 4.51. The van der Waals surface area contributed by atoms with Crippen molar-refractivity contribution in [1.29, 1.82) is 0 Å². The van der Waals surface area contributed by atoms with E-state index < -0.39 is 0 Å². The second-order valence-corrected chi connectivity index (χ2v) is 6.76. The minimum Gasteiger partial charge on any atom is -0.375 e. The molecular weight excluding hydrogens is 382 g/mol. The molecule has 1 aliphatic rings. The van der Waals surface area contributed by atoms with Gasteiger partial charge in [0.1, 0.15) is 6.61 Å². The first-order valence-corrected chi connectivity index (χ1v) is 9.16. The highest BCUT2D eigenvalue weighted by Gasteiger charge is 2.26. The Morgan fingerprint density at radius 1 is 1.11 bits per heavy atom. The van der Waals surface area contributed by atoms with Crippen molar-refractivity contribution in [2.45, 2.75) is 12.8 Å². The third-order valence-electron chi connectivity index (χ3n) is 4.27. The lowest BCUT2D eigenvalue weighted by atomic mass is 10.1. The standard InChI is InChI=1S/C20H20ClN3O4/c1-28-12-18(25)22-14-5-7-15(8-6-14)23-20(27)16-9-4-13(21)11-17(16)24-10-2-3-19(24)26/h4-9,11H,2-3,10,12H2,1H3,(H,22,25)(H,23,27).